The SMILES string of the molecule is C=C/C=C/CC(CC#C[Si](C)(C)C)(S(=O)(=O)c1ccccc1)S(=O)(=O)c1ccccc1. The van der Waals surface area contributed by atoms with Gasteiger partial charge in [-0.3, -0.25) is 0 Å². The highest BCUT2D eigenvalue weighted by molar-refractivity contribution is 8.10. The van der Waals surface area contributed by atoms with Gasteiger partial charge in [-0.25, -0.2) is 16.8 Å². The van der Waals surface area contributed by atoms with E-state index in [2.05, 4.69) is 18.0 Å². The fraction of sp³-hybridized carbons (Fsp3) is 0.250. The summed E-state index contributed by atoms with van der Waals surface area (Å²) in [5, 5.41) is 0. The molecule has 0 aliphatic heterocycles. The van der Waals surface area contributed by atoms with Crippen LogP contribution in [0.2, 0.25) is 19.6 Å². The number of rotatable bonds is 8. The molecular formula is C24H28O4S2Si. The first kappa shape index (κ1) is 24.9. The van der Waals surface area contributed by atoms with Gasteiger partial charge in [0.05, 0.1) is 9.79 Å². The van der Waals surface area contributed by atoms with Crippen molar-refractivity contribution in [2.45, 2.75) is 46.4 Å². The number of hydrogen-bond donors (Lipinski definition) is 0. The Morgan fingerprint density at radius 2 is 1.32 bits per heavy atom. The Bertz CT molecular complexity index is 1130. The zero-order valence-electron chi connectivity index (χ0n) is 18.1. The van der Waals surface area contributed by atoms with Crippen molar-refractivity contribution in [3.8, 4) is 11.5 Å². The Morgan fingerprint density at radius 1 is 0.871 bits per heavy atom. The minimum atomic E-state index is -4.33. The molecule has 0 saturated carbocycles. The molecule has 0 aliphatic rings. The molecule has 0 amide bonds. The molecule has 2 aromatic carbocycles. The summed E-state index contributed by atoms with van der Waals surface area (Å²) in [6.07, 6.45) is 4.01. The van der Waals surface area contributed by atoms with E-state index in [9.17, 15) is 16.8 Å². The van der Waals surface area contributed by atoms with Crippen LogP contribution in [0.15, 0.2) is 95.3 Å². The van der Waals surface area contributed by atoms with Crippen molar-refractivity contribution in [1.29, 1.82) is 0 Å². The molecule has 164 valence electrons. The number of allylic oxidation sites excluding steroid dienone is 3. The van der Waals surface area contributed by atoms with Crippen LogP contribution in [0.5, 0.6) is 0 Å². The van der Waals surface area contributed by atoms with Crippen LogP contribution in [0.4, 0.5) is 0 Å². The van der Waals surface area contributed by atoms with E-state index in [1.807, 2.05) is 19.6 Å². The molecule has 0 unspecified atom stereocenters. The number of sulfone groups is 2. The summed E-state index contributed by atoms with van der Waals surface area (Å²) in [6, 6.07) is 15.4. The lowest BCUT2D eigenvalue weighted by molar-refractivity contribution is 0.539. The predicted molar refractivity (Wildman–Crippen MR) is 130 cm³/mol. The third-order valence-electron chi connectivity index (χ3n) is 4.61. The lowest BCUT2D eigenvalue weighted by Crippen LogP contribution is -2.46. The minimum absolute atomic E-state index is 0.0451. The average molecular weight is 473 g/mol. The fourth-order valence-electron chi connectivity index (χ4n) is 3.04. The van der Waals surface area contributed by atoms with Crippen molar-refractivity contribution in [2.75, 3.05) is 0 Å². The molecule has 31 heavy (non-hydrogen) atoms. The van der Waals surface area contributed by atoms with Crippen LogP contribution in [0.3, 0.4) is 0 Å². The van der Waals surface area contributed by atoms with Crippen molar-refractivity contribution in [2.24, 2.45) is 0 Å². The van der Waals surface area contributed by atoms with Gasteiger partial charge in [-0.1, -0.05) is 80.8 Å². The fourth-order valence-corrected chi connectivity index (χ4v) is 8.44. The van der Waals surface area contributed by atoms with Crippen molar-refractivity contribution in [3.05, 3.63) is 85.5 Å². The third-order valence-corrected chi connectivity index (χ3v) is 11.2. The monoisotopic (exact) mass is 472 g/mol. The van der Waals surface area contributed by atoms with Crippen LogP contribution < -0.4 is 0 Å². The van der Waals surface area contributed by atoms with E-state index in [0.29, 0.717) is 0 Å². The number of hydrogen-bond acceptors (Lipinski definition) is 4. The molecule has 0 radical (unpaired) electrons. The minimum Gasteiger partial charge on any atom is -0.222 e. The topological polar surface area (TPSA) is 68.3 Å². The Hall–Kier alpha value is -2.40. The highest BCUT2D eigenvalue weighted by Gasteiger charge is 2.55. The molecule has 2 aromatic rings. The maximum Gasteiger partial charge on any atom is 0.200 e. The van der Waals surface area contributed by atoms with Gasteiger partial charge in [0.2, 0.25) is 0 Å². The summed E-state index contributed by atoms with van der Waals surface area (Å²) < 4.78 is 53.5. The van der Waals surface area contributed by atoms with Gasteiger partial charge in [0.15, 0.2) is 23.8 Å². The second-order valence-electron chi connectivity index (χ2n) is 8.14. The van der Waals surface area contributed by atoms with E-state index in [-0.39, 0.29) is 22.6 Å². The van der Waals surface area contributed by atoms with Crippen LogP contribution in [0.1, 0.15) is 12.8 Å². The highest BCUT2D eigenvalue weighted by atomic mass is 32.3. The van der Waals surface area contributed by atoms with Crippen molar-refractivity contribution < 1.29 is 16.8 Å². The van der Waals surface area contributed by atoms with Gasteiger partial charge in [0, 0.05) is 12.8 Å². The van der Waals surface area contributed by atoms with E-state index >= 15 is 0 Å². The standard InChI is InChI=1S/C24H28O4S2Si/c1-5-6-13-19-24(20-14-21-31(2,3)4,29(25,26)22-15-9-7-10-16-22)30(27,28)23-17-11-8-12-18-23/h5-13,15-18H,1,19-20H2,2-4H3/b13-6+. The van der Waals surface area contributed by atoms with E-state index < -0.39 is 31.8 Å². The highest BCUT2D eigenvalue weighted by Crippen LogP contribution is 2.41. The zero-order chi connectivity index (χ0) is 23.2. The Balaban J connectivity index is 2.88. The molecule has 0 heterocycles. The zero-order valence-corrected chi connectivity index (χ0v) is 20.7. The van der Waals surface area contributed by atoms with Gasteiger partial charge in [0.25, 0.3) is 0 Å². The Labute approximate surface area is 187 Å². The summed E-state index contributed by atoms with van der Waals surface area (Å²) in [4.78, 5) is -0.0902. The molecule has 0 spiro atoms. The van der Waals surface area contributed by atoms with Crippen molar-refractivity contribution in [1.82, 2.24) is 0 Å². The normalized spacial score (nSPS) is 12.9. The first-order chi connectivity index (χ1) is 14.5. The van der Waals surface area contributed by atoms with Gasteiger partial charge in [-0.05, 0) is 24.3 Å². The lowest BCUT2D eigenvalue weighted by atomic mass is 10.2. The van der Waals surface area contributed by atoms with E-state index in [1.54, 1.807) is 42.5 Å². The molecule has 0 bridgehead atoms. The molecule has 4 nitrogen and oxygen atoms in total. The molecule has 0 N–H and O–H groups in total. The lowest BCUT2D eigenvalue weighted by Gasteiger charge is -2.31. The predicted octanol–water partition coefficient (Wildman–Crippen LogP) is 5.03. The number of benzene rings is 2. The van der Waals surface area contributed by atoms with Gasteiger partial charge < -0.3 is 0 Å². The maximum absolute atomic E-state index is 13.9. The summed E-state index contributed by atoms with van der Waals surface area (Å²) in [5.41, 5.74) is 3.13. The van der Waals surface area contributed by atoms with E-state index in [1.165, 1.54) is 36.4 Å². The van der Waals surface area contributed by atoms with Gasteiger partial charge in [-0.2, -0.15) is 0 Å². The molecule has 0 aliphatic carbocycles. The van der Waals surface area contributed by atoms with Crippen LogP contribution in [0.25, 0.3) is 0 Å². The van der Waals surface area contributed by atoms with Gasteiger partial charge >= 0.3 is 0 Å². The molecule has 7 heteroatoms. The first-order valence-electron chi connectivity index (χ1n) is 9.85. The van der Waals surface area contributed by atoms with Crippen LogP contribution in [-0.4, -0.2) is 29.0 Å². The summed E-state index contributed by atoms with van der Waals surface area (Å²) >= 11 is 0. The maximum atomic E-state index is 13.9. The second-order valence-corrected chi connectivity index (χ2v) is 17.7. The van der Waals surface area contributed by atoms with E-state index in [4.69, 9.17) is 0 Å². The molecule has 0 saturated heterocycles. The summed E-state index contributed by atoms with van der Waals surface area (Å²) in [5.74, 6) is 2.94. The van der Waals surface area contributed by atoms with Gasteiger partial charge in [-0.15, -0.1) is 11.5 Å². The van der Waals surface area contributed by atoms with Crippen LogP contribution in [0, 0.1) is 11.5 Å². The van der Waals surface area contributed by atoms with Crippen LogP contribution >= 0.6 is 0 Å². The average Bonchev–Trinajstić information content (AvgIpc) is 2.73. The molecule has 0 atom stereocenters. The molecule has 0 fully saturated rings. The Morgan fingerprint density at radius 3 is 1.71 bits per heavy atom. The first-order valence-corrected chi connectivity index (χ1v) is 16.3. The Kier molecular flexibility index (Phi) is 7.87. The third kappa shape index (κ3) is 5.45. The quantitative estimate of drug-likeness (QED) is 0.307. The van der Waals surface area contributed by atoms with Gasteiger partial charge in [0.1, 0.15) is 8.07 Å². The summed E-state index contributed by atoms with van der Waals surface area (Å²) in [7, 11) is -10.5. The van der Waals surface area contributed by atoms with Crippen molar-refractivity contribution >= 4 is 27.7 Å². The molecule has 0 aromatic heterocycles. The summed E-state index contributed by atoms with van der Waals surface area (Å²) in [6.45, 7) is 9.68. The second kappa shape index (κ2) is 9.82. The van der Waals surface area contributed by atoms with Crippen LogP contribution in [-0.2, 0) is 19.7 Å². The molecular weight excluding hydrogens is 444 g/mol. The smallest absolute Gasteiger partial charge is 0.200 e. The molecule has 2 rings (SSSR count). The van der Waals surface area contributed by atoms with Crippen molar-refractivity contribution in [3.63, 3.8) is 0 Å². The largest absolute Gasteiger partial charge is 0.222 e. The van der Waals surface area contributed by atoms with E-state index in [0.717, 1.165) is 0 Å².